The summed E-state index contributed by atoms with van der Waals surface area (Å²) in [6.45, 7) is 2.68. The van der Waals surface area contributed by atoms with Crippen LogP contribution in [0.4, 0.5) is 0 Å². The Labute approximate surface area is 129 Å². The highest BCUT2D eigenvalue weighted by molar-refractivity contribution is 7.15. The van der Waals surface area contributed by atoms with Crippen LogP contribution in [-0.2, 0) is 11.2 Å². The van der Waals surface area contributed by atoms with Gasteiger partial charge in [0, 0.05) is 30.8 Å². The molecule has 0 bridgehead atoms. The summed E-state index contributed by atoms with van der Waals surface area (Å²) < 4.78 is 8.08. The van der Waals surface area contributed by atoms with E-state index in [0.717, 1.165) is 36.3 Å². The van der Waals surface area contributed by atoms with E-state index in [9.17, 15) is 5.11 Å². The lowest BCUT2D eigenvalue weighted by molar-refractivity contribution is -0.128. The summed E-state index contributed by atoms with van der Waals surface area (Å²) in [7, 11) is 0. The van der Waals surface area contributed by atoms with Gasteiger partial charge in [0.25, 0.3) is 0 Å². The Balaban J connectivity index is 1.76. The Bertz CT molecular complexity index is 541. The Morgan fingerprint density at radius 3 is 2.81 bits per heavy atom. The molecule has 0 aromatic carbocycles. The highest BCUT2D eigenvalue weighted by atomic mass is 32.1. The molecule has 1 saturated carbocycles. The van der Waals surface area contributed by atoms with E-state index in [0.29, 0.717) is 13.0 Å². The normalized spacial score (nSPS) is 20.5. The van der Waals surface area contributed by atoms with Crippen LogP contribution >= 0.6 is 11.3 Å². The van der Waals surface area contributed by atoms with E-state index in [-0.39, 0.29) is 5.60 Å². The van der Waals surface area contributed by atoms with Gasteiger partial charge in [-0.15, -0.1) is 11.3 Å². The molecule has 1 aliphatic carbocycles. The molecule has 2 aromatic heterocycles. The number of fused-ring (bicyclic) bond motifs is 1. The number of ether oxygens (including phenoxy) is 1. The van der Waals surface area contributed by atoms with Crippen molar-refractivity contribution >= 4 is 16.3 Å². The largest absolute Gasteiger partial charge is 0.390 e. The van der Waals surface area contributed by atoms with Crippen LogP contribution in [0.2, 0.25) is 0 Å². The summed E-state index contributed by atoms with van der Waals surface area (Å²) in [5.74, 6) is 0. The molecule has 1 atom stereocenters. The molecule has 2 heterocycles. The van der Waals surface area contributed by atoms with Gasteiger partial charge in [-0.05, 0) is 19.8 Å². The first-order valence-electron chi connectivity index (χ1n) is 7.96. The lowest BCUT2D eigenvalue weighted by Gasteiger charge is -2.37. The number of aliphatic hydroxyl groups excluding tert-OH is 1. The Hall–Kier alpha value is -0.910. The Kier molecular flexibility index (Phi) is 4.62. The Morgan fingerprint density at radius 2 is 2.14 bits per heavy atom. The van der Waals surface area contributed by atoms with Crippen LogP contribution in [-0.4, -0.2) is 32.8 Å². The van der Waals surface area contributed by atoms with Crippen LogP contribution in [0.1, 0.15) is 51.1 Å². The minimum Gasteiger partial charge on any atom is -0.390 e. The van der Waals surface area contributed by atoms with E-state index in [1.165, 1.54) is 12.8 Å². The maximum atomic E-state index is 10.8. The summed E-state index contributed by atoms with van der Waals surface area (Å²) >= 11 is 1.62. The average molecular weight is 308 g/mol. The second-order valence-electron chi connectivity index (χ2n) is 5.96. The predicted molar refractivity (Wildman–Crippen MR) is 84.8 cm³/mol. The van der Waals surface area contributed by atoms with Gasteiger partial charge in [0.15, 0.2) is 4.96 Å². The molecule has 1 N–H and O–H groups in total. The first-order chi connectivity index (χ1) is 10.2. The minimum atomic E-state index is -0.472. The van der Waals surface area contributed by atoms with E-state index in [1.54, 1.807) is 11.3 Å². The fraction of sp³-hybridized carbons (Fsp3) is 0.688. The van der Waals surface area contributed by atoms with Gasteiger partial charge in [-0.3, -0.25) is 4.40 Å². The molecule has 0 radical (unpaired) electrons. The summed E-state index contributed by atoms with van der Waals surface area (Å²) in [5, 5.41) is 12.8. The van der Waals surface area contributed by atoms with Crippen LogP contribution in [0.5, 0.6) is 0 Å². The smallest absolute Gasteiger partial charge is 0.193 e. The molecule has 116 valence electrons. The predicted octanol–water partition coefficient (Wildman–Crippen LogP) is 3.43. The number of nitrogens with zero attached hydrogens (tertiary/aromatic N) is 2. The SMILES string of the molecule is CCOC1(C(O)Cc2cn3ccsc3n2)CCCCCC1. The maximum absolute atomic E-state index is 10.8. The second-order valence-corrected chi connectivity index (χ2v) is 6.83. The van der Waals surface area contributed by atoms with Crippen molar-refractivity contribution in [3.05, 3.63) is 23.5 Å². The topological polar surface area (TPSA) is 46.8 Å². The molecule has 4 nitrogen and oxygen atoms in total. The van der Waals surface area contributed by atoms with E-state index in [4.69, 9.17) is 4.74 Å². The van der Waals surface area contributed by atoms with Crippen molar-refractivity contribution in [1.82, 2.24) is 9.38 Å². The number of hydrogen-bond acceptors (Lipinski definition) is 4. The summed E-state index contributed by atoms with van der Waals surface area (Å²) in [6, 6.07) is 0. The molecule has 0 saturated heterocycles. The van der Waals surface area contributed by atoms with Crippen molar-refractivity contribution in [2.24, 2.45) is 0 Å². The fourth-order valence-electron chi connectivity index (χ4n) is 3.45. The maximum Gasteiger partial charge on any atom is 0.193 e. The summed E-state index contributed by atoms with van der Waals surface area (Å²) in [5.41, 5.74) is 0.583. The minimum absolute atomic E-state index is 0.373. The zero-order valence-electron chi connectivity index (χ0n) is 12.6. The third-order valence-corrected chi connectivity index (χ3v) is 5.31. The van der Waals surface area contributed by atoms with Crippen LogP contribution in [0.3, 0.4) is 0 Å². The van der Waals surface area contributed by atoms with Crippen LogP contribution in [0.25, 0.3) is 4.96 Å². The number of thiazole rings is 1. The molecule has 0 amide bonds. The van der Waals surface area contributed by atoms with E-state index in [2.05, 4.69) is 4.98 Å². The van der Waals surface area contributed by atoms with Crippen molar-refractivity contribution in [2.75, 3.05) is 6.61 Å². The van der Waals surface area contributed by atoms with Crippen LogP contribution in [0.15, 0.2) is 17.8 Å². The molecule has 2 aromatic rings. The van der Waals surface area contributed by atoms with Gasteiger partial charge < -0.3 is 9.84 Å². The van der Waals surface area contributed by atoms with Gasteiger partial charge in [0.1, 0.15) is 0 Å². The van der Waals surface area contributed by atoms with Gasteiger partial charge in [0.05, 0.1) is 17.4 Å². The second kappa shape index (κ2) is 6.46. The number of aromatic nitrogens is 2. The third-order valence-electron chi connectivity index (χ3n) is 4.53. The monoisotopic (exact) mass is 308 g/mol. The molecule has 0 spiro atoms. The lowest BCUT2D eigenvalue weighted by atomic mass is 9.85. The first kappa shape index (κ1) is 15.0. The molecule has 1 fully saturated rings. The molecule has 1 unspecified atom stereocenters. The van der Waals surface area contributed by atoms with Crippen molar-refractivity contribution < 1.29 is 9.84 Å². The van der Waals surface area contributed by atoms with Crippen molar-refractivity contribution in [3.8, 4) is 0 Å². The number of hydrogen-bond donors (Lipinski definition) is 1. The highest BCUT2D eigenvalue weighted by Crippen LogP contribution is 2.34. The van der Waals surface area contributed by atoms with Gasteiger partial charge in [-0.25, -0.2) is 4.98 Å². The van der Waals surface area contributed by atoms with Gasteiger partial charge in [-0.1, -0.05) is 25.7 Å². The molecular formula is C16H24N2O2S. The van der Waals surface area contributed by atoms with Gasteiger partial charge in [-0.2, -0.15) is 0 Å². The van der Waals surface area contributed by atoms with Gasteiger partial charge in [0.2, 0.25) is 0 Å². The first-order valence-corrected chi connectivity index (χ1v) is 8.84. The number of aliphatic hydroxyl groups is 1. The third kappa shape index (κ3) is 3.15. The van der Waals surface area contributed by atoms with Crippen molar-refractivity contribution in [3.63, 3.8) is 0 Å². The fourth-order valence-corrected chi connectivity index (χ4v) is 4.17. The van der Waals surface area contributed by atoms with Crippen molar-refractivity contribution in [2.45, 2.75) is 63.6 Å². The van der Waals surface area contributed by atoms with E-state index in [1.807, 2.05) is 29.1 Å². The molecule has 21 heavy (non-hydrogen) atoms. The molecule has 3 rings (SSSR count). The zero-order valence-corrected chi connectivity index (χ0v) is 13.4. The standard InChI is InChI=1S/C16H24N2O2S/c1-2-20-16(7-5-3-4-6-8-16)14(19)11-13-12-18-9-10-21-15(18)17-13/h9-10,12,14,19H,2-8,11H2,1H3. The number of imidazole rings is 1. The Morgan fingerprint density at radius 1 is 1.38 bits per heavy atom. The molecule has 1 aliphatic rings. The molecular weight excluding hydrogens is 284 g/mol. The number of rotatable bonds is 5. The van der Waals surface area contributed by atoms with E-state index >= 15 is 0 Å². The quantitative estimate of drug-likeness (QED) is 0.861. The molecule has 0 aliphatic heterocycles. The highest BCUT2D eigenvalue weighted by Gasteiger charge is 2.39. The van der Waals surface area contributed by atoms with Gasteiger partial charge >= 0.3 is 0 Å². The molecule has 5 heteroatoms. The summed E-state index contributed by atoms with van der Waals surface area (Å²) in [6.07, 6.45) is 10.9. The average Bonchev–Trinajstić information content (AvgIpc) is 2.94. The van der Waals surface area contributed by atoms with Crippen LogP contribution in [0, 0.1) is 0 Å². The zero-order chi connectivity index (χ0) is 14.7. The van der Waals surface area contributed by atoms with Crippen molar-refractivity contribution in [1.29, 1.82) is 0 Å². The van der Waals surface area contributed by atoms with Crippen LogP contribution < -0.4 is 0 Å². The summed E-state index contributed by atoms with van der Waals surface area (Å²) in [4.78, 5) is 5.58. The van der Waals surface area contributed by atoms with E-state index < -0.39 is 6.10 Å². The lowest BCUT2D eigenvalue weighted by Crippen LogP contribution is -2.46.